The van der Waals surface area contributed by atoms with Gasteiger partial charge in [-0.25, -0.2) is 4.39 Å². The van der Waals surface area contributed by atoms with Crippen LogP contribution < -0.4 is 0 Å². The largest absolute Gasteiger partial charge is 0.508 e. The lowest BCUT2D eigenvalue weighted by atomic mass is 9.95. The standard InChI is InChI=1S/C18H13FO2/c1-11(20)13-9-8-12-4-2-5-14(15(12)10-13)18-16(19)6-3-7-17(18)21/h2-10,20-21H,1H2. The van der Waals surface area contributed by atoms with Gasteiger partial charge in [0, 0.05) is 5.56 Å². The molecule has 0 amide bonds. The highest BCUT2D eigenvalue weighted by Gasteiger charge is 2.13. The smallest absolute Gasteiger partial charge is 0.134 e. The molecule has 0 saturated carbocycles. The van der Waals surface area contributed by atoms with Crippen LogP contribution in [0.5, 0.6) is 5.75 Å². The lowest BCUT2D eigenvalue weighted by Gasteiger charge is -2.11. The van der Waals surface area contributed by atoms with Crippen LogP contribution in [0, 0.1) is 5.82 Å². The summed E-state index contributed by atoms with van der Waals surface area (Å²) in [5, 5.41) is 21.1. The summed E-state index contributed by atoms with van der Waals surface area (Å²) in [6.07, 6.45) is 0. The number of hydrogen-bond acceptors (Lipinski definition) is 2. The summed E-state index contributed by atoms with van der Waals surface area (Å²) in [6.45, 7) is 3.50. The van der Waals surface area contributed by atoms with Crippen molar-refractivity contribution in [2.45, 2.75) is 0 Å². The van der Waals surface area contributed by atoms with Crippen LogP contribution in [0.4, 0.5) is 4.39 Å². The van der Waals surface area contributed by atoms with Gasteiger partial charge in [0.2, 0.25) is 0 Å². The summed E-state index contributed by atoms with van der Waals surface area (Å²) in [7, 11) is 0. The molecule has 0 aliphatic heterocycles. The third-order valence-electron chi connectivity index (χ3n) is 3.48. The monoisotopic (exact) mass is 280 g/mol. The molecule has 2 N–H and O–H groups in total. The number of phenolic OH excluding ortho intramolecular Hbond substituents is 1. The molecule has 104 valence electrons. The molecule has 0 atom stereocenters. The predicted molar refractivity (Wildman–Crippen MR) is 82.7 cm³/mol. The van der Waals surface area contributed by atoms with E-state index in [-0.39, 0.29) is 17.1 Å². The van der Waals surface area contributed by atoms with Crippen molar-refractivity contribution in [3.8, 4) is 16.9 Å². The number of rotatable bonds is 2. The van der Waals surface area contributed by atoms with Crippen molar-refractivity contribution in [1.82, 2.24) is 0 Å². The van der Waals surface area contributed by atoms with Crippen molar-refractivity contribution >= 4 is 16.5 Å². The molecular formula is C18H13FO2. The highest BCUT2D eigenvalue weighted by molar-refractivity contribution is 5.99. The van der Waals surface area contributed by atoms with Gasteiger partial charge in [-0.15, -0.1) is 0 Å². The van der Waals surface area contributed by atoms with E-state index in [2.05, 4.69) is 6.58 Å². The summed E-state index contributed by atoms with van der Waals surface area (Å²) in [4.78, 5) is 0. The Kier molecular flexibility index (Phi) is 3.10. The lowest BCUT2D eigenvalue weighted by Crippen LogP contribution is -1.89. The molecule has 0 fully saturated rings. The minimum absolute atomic E-state index is 0.0514. The normalized spacial score (nSPS) is 10.7. The summed E-state index contributed by atoms with van der Waals surface area (Å²) in [6, 6.07) is 15.0. The third kappa shape index (κ3) is 2.23. The number of benzene rings is 3. The van der Waals surface area contributed by atoms with E-state index in [1.54, 1.807) is 24.3 Å². The van der Waals surface area contributed by atoms with E-state index in [1.165, 1.54) is 18.2 Å². The van der Waals surface area contributed by atoms with Crippen LogP contribution in [-0.4, -0.2) is 10.2 Å². The van der Waals surface area contributed by atoms with E-state index >= 15 is 0 Å². The first-order valence-corrected chi connectivity index (χ1v) is 6.47. The zero-order chi connectivity index (χ0) is 15.0. The second-order valence-electron chi connectivity index (χ2n) is 4.82. The number of fused-ring (bicyclic) bond motifs is 1. The summed E-state index contributed by atoms with van der Waals surface area (Å²) >= 11 is 0. The molecule has 3 heteroatoms. The van der Waals surface area contributed by atoms with Gasteiger partial charge in [-0.05, 0) is 34.5 Å². The Morgan fingerprint density at radius 1 is 1.00 bits per heavy atom. The van der Waals surface area contributed by atoms with Crippen molar-refractivity contribution in [3.05, 3.63) is 72.6 Å². The average Bonchev–Trinajstić information content (AvgIpc) is 2.46. The fraction of sp³-hybridized carbons (Fsp3) is 0. The molecule has 21 heavy (non-hydrogen) atoms. The van der Waals surface area contributed by atoms with E-state index in [1.807, 2.05) is 12.1 Å². The van der Waals surface area contributed by atoms with Crippen LogP contribution in [-0.2, 0) is 0 Å². The number of halogens is 1. The zero-order valence-corrected chi connectivity index (χ0v) is 11.2. The minimum atomic E-state index is -0.490. The quantitative estimate of drug-likeness (QED) is 0.657. The van der Waals surface area contributed by atoms with E-state index in [9.17, 15) is 14.6 Å². The fourth-order valence-corrected chi connectivity index (χ4v) is 2.45. The molecule has 0 aromatic heterocycles. The molecule has 0 saturated heterocycles. The first-order valence-electron chi connectivity index (χ1n) is 6.47. The van der Waals surface area contributed by atoms with Crippen molar-refractivity contribution in [1.29, 1.82) is 0 Å². The van der Waals surface area contributed by atoms with Crippen LogP contribution in [0.2, 0.25) is 0 Å². The Morgan fingerprint density at radius 2 is 1.76 bits per heavy atom. The van der Waals surface area contributed by atoms with Crippen LogP contribution in [0.1, 0.15) is 5.56 Å². The Labute approximate surface area is 121 Å². The van der Waals surface area contributed by atoms with E-state index in [4.69, 9.17) is 0 Å². The molecule has 3 aromatic carbocycles. The van der Waals surface area contributed by atoms with Crippen molar-refractivity contribution in [3.63, 3.8) is 0 Å². The molecule has 0 aliphatic carbocycles. The molecule has 3 rings (SSSR count). The number of aliphatic hydroxyl groups excluding tert-OH is 1. The molecule has 0 bridgehead atoms. The fourth-order valence-electron chi connectivity index (χ4n) is 2.45. The van der Waals surface area contributed by atoms with Gasteiger partial charge in [-0.3, -0.25) is 0 Å². The molecule has 0 spiro atoms. The van der Waals surface area contributed by atoms with Crippen LogP contribution in [0.25, 0.3) is 27.7 Å². The van der Waals surface area contributed by atoms with Crippen LogP contribution >= 0.6 is 0 Å². The molecule has 2 nitrogen and oxygen atoms in total. The Bertz CT molecular complexity index is 833. The minimum Gasteiger partial charge on any atom is -0.508 e. The molecule has 0 radical (unpaired) electrons. The molecule has 0 aliphatic rings. The predicted octanol–water partition coefficient (Wildman–Crippen LogP) is 4.88. The zero-order valence-electron chi connectivity index (χ0n) is 11.2. The number of aromatic hydroxyl groups is 1. The van der Waals surface area contributed by atoms with Crippen molar-refractivity contribution in [2.24, 2.45) is 0 Å². The van der Waals surface area contributed by atoms with Gasteiger partial charge in [-0.2, -0.15) is 0 Å². The highest BCUT2D eigenvalue weighted by Crippen LogP contribution is 2.37. The van der Waals surface area contributed by atoms with Crippen molar-refractivity contribution in [2.75, 3.05) is 0 Å². The van der Waals surface area contributed by atoms with Crippen LogP contribution in [0.3, 0.4) is 0 Å². The van der Waals surface area contributed by atoms with Gasteiger partial charge in [0.05, 0.1) is 5.56 Å². The second-order valence-corrected chi connectivity index (χ2v) is 4.82. The highest BCUT2D eigenvalue weighted by atomic mass is 19.1. The molecule has 0 heterocycles. The molecule has 0 unspecified atom stereocenters. The SMILES string of the molecule is C=C(O)c1ccc2cccc(-c3c(O)cccc3F)c2c1. The molecular weight excluding hydrogens is 267 g/mol. The number of phenols is 1. The average molecular weight is 280 g/mol. The maximum atomic E-state index is 14.1. The topological polar surface area (TPSA) is 40.5 Å². The Balaban J connectivity index is 2.37. The first kappa shape index (κ1) is 13.2. The van der Waals surface area contributed by atoms with E-state index in [0.29, 0.717) is 11.1 Å². The van der Waals surface area contributed by atoms with Crippen molar-refractivity contribution < 1.29 is 14.6 Å². The van der Waals surface area contributed by atoms with Gasteiger partial charge in [0.25, 0.3) is 0 Å². The number of hydrogen-bond donors (Lipinski definition) is 2. The Morgan fingerprint density at radius 3 is 2.48 bits per heavy atom. The molecule has 3 aromatic rings. The van der Waals surface area contributed by atoms with Crippen LogP contribution in [0.15, 0.2) is 61.2 Å². The van der Waals surface area contributed by atoms with E-state index < -0.39 is 5.82 Å². The summed E-state index contributed by atoms with van der Waals surface area (Å²) in [5.41, 5.74) is 1.29. The summed E-state index contributed by atoms with van der Waals surface area (Å²) in [5.74, 6) is -0.657. The van der Waals surface area contributed by atoms with Gasteiger partial charge in [0.15, 0.2) is 0 Å². The second kappa shape index (κ2) is 4.94. The van der Waals surface area contributed by atoms with Gasteiger partial charge in [0.1, 0.15) is 17.3 Å². The van der Waals surface area contributed by atoms with Gasteiger partial charge in [-0.1, -0.05) is 43.0 Å². The van der Waals surface area contributed by atoms with E-state index in [0.717, 1.165) is 10.8 Å². The summed E-state index contributed by atoms with van der Waals surface area (Å²) < 4.78 is 14.1. The van der Waals surface area contributed by atoms with Gasteiger partial charge < -0.3 is 10.2 Å². The first-order chi connectivity index (χ1) is 10.1. The maximum Gasteiger partial charge on any atom is 0.134 e. The number of aliphatic hydroxyl groups is 1. The Hall–Kier alpha value is -2.81. The lowest BCUT2D eigenvalue weighted by molar-refractivity contribution is 0.472. The maximum absolute atomic E-state index is 14.1. The third-order valence-corrected chi connectivity index (χ3v) is 3.48. The van der Waals surface area contributed by atoms with Gasteiger partial charge >= 0.3 is 0 Å².